The van der Waals surface area contributed by atoms with Crippen molar-refractivity contribution in [1.29, 1.82) is 5.26 Å². The Morgan fingerprint density at radius 3 is 2.94 bits per heavy atom. The van der Waals surface area contributed by atoms with Crippen molar-refractivity contribution in [2.75, 3.05) is 33.4 Å². The van der Waals surface area contributed by atoms with Crippen LogP contribution in [0.15, 0.2) is 0 Å². The van der Waals surface area contributed by atoms with E-state index < -0.39 is 0 Å². The molecule has 102 valence electrons. The molecular weight excluding hydrogens is 230 g/mol. The Labute approximate surface area is 109 Å². The number of carbonyl (C=O) groups excluding carboxylic acids is 1. The highest BCUT2D eigenvalue weighted by atomic mass is 16.5. The number of methoxy groups -OCH3 is 1. The molecule has 1 aliphatic heterocycles. The zero-order valence-electron chi connectivity index (χ0n) is 11.3. The van der Waals surface area contributed by atoms with Gasteiger partial charge in [0.2, 0.25) is 5.91 Å². The van der Waals surface area contributed by atoms with E-state index in [9.17, 15) is 4.79 Å². The van der Waals surface area contributed by atoms with Gasteiger partial charge < -0.3 is 15.0 Å². The van der Waals surface area contributed by atoms with Gasteiger partial charge in [0.25, 0.3) is 0 Å². The fraction of sp³-hybridized carbons (Fsp3) is 0.846. The second-order valence-electron chi connectivity index (χ2n) is 4.78. The van der Waals surface area contributed by atoms with Crippen LogP contribution in [0.25, 0.3) is 0 Å². The van der Waals surface area contributed by atoms with Gasteiger partial charge >= 0.3 is 0 Å². The van der Waals surface area contributed by atoms with Crippen LogP contribution in [-0.4, -0.2) is 50.2 Å². The number of amides is 1. The van der Waals surface area contributed by atoms with Crippen molar-refractivity contribution in [2.24, 2.45) is 5.92 Å². The molecule has 5 heteroatoms. The number of hydrogen-bond acceptors (Lipinski definition) is 4. The fourth-order valence-electron chi connectivity index (χ4n) is 2.30. The Kier molecular flexibility index (Phi) is 6.69. The first-order valence-electron chi connectivity index (χ1n) is 6.58. The summed E-state index contributed by atoms with van der Waals surface area (Å²) in [5.74, 6) is 0.466. The van der Waals surface area contributed by atoms with E-state index >= 15 is 0 Å². The smallest absolute Gasteiger partial charge is 0.240 e. The van der Waals surface area contributed by atoms with Gasteiger partial charge in [-0.15, -0.1) is 0 Å². The molecule has 0 aliphatic carbocycles. The maximum absolute atomic E-state index is 12.4. The van der Waals surface area contributed by atoms with Crippen molar-refractivity contribution >= 4 is 5.91 Å². The molecule has 18 heavy (non-hydrogen) atoms. The fourth-order valence-corrected chi connectivity index (χ4v) is 2.30. The molecule has 1 fully saturated rings. The molecule has 1 rings (SSSR count). The average molecular weight is 253 g/mol. The third-order valence-corrected chi connectivity index (χ3v) is 3.41. The quantitative estimate of drug-likeness (QED) is 0.759. The highest BCUT2D eigenvalue weighted by Gasteiger charge is 2.30. The van der Waals surface area contributed by atoms with E-state index in [0.29, 0.717) is 32.0 Å². The molecule has 0 spiro atoms. The van der Waals surface area contributed by atoms with E-state index in [-0.39, 0.29) is 11.9 Å². The highest BCUT2D eigenvalue weighted by Crippen LogP contribution is 2.17. The molecule has 0 radical (unpaired) electrons. The van der Waals surface area contributed by atoms with Crippen LogP contribution in [-0.2, 0) is 9.53 Å². The van der Waals surface area contributed by atoms with Crippen molar-refractivity contribution in [2.45, 2.75) is 32.2 Å². The first-order valence-corrected chi connectivity index (χ1v) is 6.58. The normalized spacial score (nSPS) is 23.4. The molecule has 0 saturated carbocycles. The minimum Gasteiger partial charge on any atom is -0.383 e. The van der Waals surface area contributed by atoms with Crippen LogP contribution < -0.4 is 5.32 Å². The SMILES string of the molecule is COCCN(CCC#N)C(=O)C1NCCCC1C. The van der Waals surface area contributed by atoms with Crippen LogP contribution >= 0.6 is 0 Å². The molecule has 1 amide bonds. The molecule has 2 unspecified atom stereocenters. The van der Waals surface area contributed by atoms with Gasteiger partial charge in [-0.05, 0) is 25.3 Å². The summed E-state index contributed by atoms with van der Waals surface area (Å²) < 4.78 is 5.02. The predicted octanol–water partition coefficient (Wildman–Crippen LogP) is 0.763. The largest absolute Gasteiger partial charge is 0.383 e. The number of hydrogen-bond donors (Lipinski definition) is 1. The second-order valence-corrected chi connectivity index (χ2v) is 4.78. The molecular formula is C13H23N3O2. The van der Waals surface area contributed by atoms with E-state index in [1.165, 1.54) is 0 Å². The molecule has 0 aromatic carbocycles. The lowest BCUT2D eigenvalue weighted by Crippen LogP contribution is -2.53. The average Bonchev–Trinajstić information content (AvgIpc) is 2.39. The van der Waals surface area contributed by atoms with Gasteiger partial charge in [-0.25, -0.2) is 0 Å². The third-order valence-electron chi connectivity index (χ3n) is 3.41. The molecule has 0 bridgehead atoms. The van der Waals surface area contributed by atoms with E-state index in [0.717, 1.165) is 19.4 Å². The number of ether oxygens (including phenoxy) is 1. The lowest BCUT2D eigenvalue weighted by Gasteiger charge is -2.33. The molecule has 1 saturated heterocycles. The van der Waals surface area contributed by atoms with Crippen LogP contribution in [0.2, 0.25) is 0 Å². The van der Waals surface area contributed by atoms with Gasteiger partial charge in [0.1, 0.15) is 0 Å². The molecule has 2 atom stereocenters. The number of rotatable bonds is 6. The summed E-state index contributed by atoms with van der Waals surface area (Å²) >= 11 is 0. The number of nitriles is 1. The maximum atomic E-state index is 12.4. The molecule has 5 nitrogen and oxygen atoms in total. The molecule has 1 N–H and O–H groups in total. The first kappa shape index (κ1) is 14.9. The summed E-state index contributed by atoms with van der Waals surface area (Å²) in [5, 5.41) is 11.9. The lowest BCUT2D eigenvalue weighted by molar-refractivity contribution is -0.135. The van der Waals surface area contributed by atoms with E-state index in [4.69, 9.17) is 10.00 Å². The maximum Gasteiger partial charge on any atom is 0.240 e. The Morgan fingerprint density at radius 2 is 2.33 bits per heavy atom. The van der Waals surface area contributed by atoms with Gasteiger partial charge in [-0.3, -0.25) is 4.79 Å². The van der Waals surface area contributed by atoms with Crippen molar-refractivity contribution in [3.8, 4) is 6.07 Å². The number of nitrogens with zero attached hydrogens (tertiary/aromatic N) is 2. The monoisotopic (exact) mass is 253 g/mol. The Hall–Kier alpha value is -1.12. The van der Waals surface area contributed by atoms with E-state index in [1.54, 1.807) is 12.0 Å². The second kappa shape index (κ2) is 8.06. The van der Waals surface area contributed by atoms with Crippen LogP contribution in [0, 0.1) is 17.2 Å². The van der Waals surface area contributed by atoms with Gasteiger partial charge in [0, 0.05) is 20.2 Å². The first-order chi connectivity index (χ1) is 8.70. The van der Waals surface area contributed by atoms with Gasteiger partial charge in [-0.2, -0.15) is 5.26 Å². The summed E-state index contributed by atoms with van der Waals surface area (Å²) in [6, 6.07) is 1.99. The van der Waals surface area contributed by atoms with Crippen LogP contribution in [0.1, 0.15) is 26.2 Å². The third kappa shape index (κ3) is 4.28. The van der Waals surface area contributed by atoms with Gasteiger partial charge in [-0.1, -0.05) is 6.92 Å². The van der Waals surface area contributed by atoms with Crippen molar-refractivity contribution in [3.63, 3.8) is 0 Å². The summed E-state index contributed by atoms with van der Waals surface area (Å²) in [5.41, 5.74) is 0. The van der Waals surface area contributed by atoms with Crippen molar-refractivity contribution in [3.05, 3.63) is 0 Å². The topological polar surface area (TPSA) is 65.4 Å². The van der Waals surface area contributed by atoms with Crippen LogP contribution in [0.5, 0.6) is 0 Å². The van der Waals surface area contributed by atoms with Gasteiger partial charge in [0.05, 0.1) is 25.1 Å². The molecule has 1 heterocycles. The molecule has 1 aliphatic rings. The number of nitrogens with one attached hydrogen (secondary N) is 1. The zero-order valence-corrected chi connectivity index (χ0v) is 11.3. The summed E-state index contributed by atoms with van der Waals surface area (Å²) in [7, 11) is 1.62. The Balaban J connectivity index is 2.58. The van der Waals surface area contributed by atoms with Crippen molar-refractivity contribution in [1.82, 2.24) is 10.2 Å². The zero-order chi connectivity index (χ0) is 13.4. The summed E-state index contributed by atoms with van der Waals surface area (Å²) in [6.45, 7) is 4.56. The number of piperidine rings is 1. The van der Waals surface area contributed by atoms with E-state index in [2.05, 4.69) is 18.3 Å². The van der Waals surface area contributed by atoms with Crippen molar-refractivity contribution < 1.29 is 9.53 Å². The summed E-state index contributed by atoms with van der Waals surface area (Å²) in [4.78, 5) is 14.2. The Morgan fingerprint density at radius 1 is 1.56 bits per heavy atom. The number of carbonyl (C=O) groups is 1. The highest BCUT2D eigenvalue weighted by molar-refractivity contribution is 5.82. The molecule has 0 aromatic rings. The standard InChI is InChI=1S/C13H23N3O2/c1-11-5-3-7-15-12(11)13(17)16(8-4-6-14)9-10-18-2/h11-12,15H,3-5,7-10H2,1-2H3. The molecule has 0 aromatic heterocycles. The minimum atomic E-state index is -0.103. The summed E-state index contributed by atoms with van der Waals surface area (Å²) in [6.07, 6.45) is 2.58. The van der Waals surface area contributed by atoms with Gasteiger partial charge in [0.15, 0.2) is 0 Å². The Bertz CT molecular complexity index is 301. The predicted molar refractivity (Wildman–Crippen MR) is 68.9 cm³/mol. The van der Waals surface area contributed by atoms with Crippen LogP contribution in [0.3, 0.4) is 0 Å². The minimum absolute atomic E-state index is 0.103. The lowest BCUT2D eigenvalue weighted by atomic mass is 9.92. The van der Waals surface area contributed by atoms with Crippen LogP contribution in [0.4, 0.5) is 0 Å². The van der Waals surface area contributed by atoms with E-state index in [1.807, 2.05) is 0 Å².